The van der Waals surface area contributed by atoms with Crippen LogP contribution in [-0.2, 0) is 0 Å². The van der Waals surface area contributed by atoms with Gasteiger partial charge in [-0.25, -0.2) is 0 Å². The summed E-state index contributed by atoms with van der Waals surface area (Å²) in [5.74, 6) is 1.68. The van der Waals surface area contributed by atoms with Gasteiger partial charge < -0.3 is 5.32 Å². The summed E-state index contributed by atoms with van der Waals surface area (Å²) in [4.78, 5) is 2.68. The van der Waals surface area contributed by atoms with Gasteiger partial charge in [0.1, 0.15) is 0 Å². The van der Waals surface area contributed by atoms with Crippen LogP contribution in [-0.4, -0.2) is 36.6 Å². The predicted octanol–water partition coefficient (Wildman–Crippen LogP) is 3.91. The zero-order valence-electron chi connectivity index (χ0n) is 14.1. The van der Waals surface area contributed by atoms with Crippen molar-refractivity contribution in [2.75, 3.05) is 13.6 Å². The highest BCUT2D eigenvalue weighted by molar-refractivity contribution is 4.94. The summed E-state index contributed by atoms with van der Waals surface area (Å²) >= 11 is 0. The van der Waals surface area contributed by atoms with Crippen molar-refractivity contribution in [3.05, 3.63) is 0 Å². The average Bonchev–Trinajstić information content (AvgIpc) is 2.36. The second kappa shape index (κ2) is 8.26. The number of hydrogen-bond donors (Lipinski definition) is 1. The lowest BCUT2D eigenvalue weighted by atomic mass is 9.75. The Balaban J connectivity index is 2.77. The van der Waals surface area contributed by atoms with Crippen LogP contribution < -0.4 is 5.32 Å². The Morgan fingerprint density at radius 3 is 2.26 bits per heavy atom. The van der Waals surface area contributed by atoms with E-state index in [1.807, 2.05) is 0 Å². The van der Waals surface area contributed by atoms with Crippen LogP contribution in [0.1, 0.15) is 66.7 Å². The van der Waals surface area contributed by atoms with Gasteiger partial charge in [0.15, 0.2) is 0 Å². The van der Waals surface area contributed by atoms with Crippen LogP contribution in [0.5, 0.6) is 0 Å². The molecule has 4 atom stereocenters. The minimum absolute atomic E-state index is 0.685. The van der Waals surface area contributed by atoms with Gasteiger partial charge in [-0.15, -0.1) is 0 Å². The van der Waals surface area contributed by atoms with Crippen molar-refractivity contribution in [2.45, 2.75) is 84.8 Å². The molecule has 1 N–H and O–H groups in total. The fourth-order valence-electron chi connectivity index (χ4n) is 4.17. The zero-order chi connectivity index (χ0) is 14.4. The van der Waals surface area contributed by atoms with E-state index >= 15 is 0 Å². The Morgan fingerprint density at radius 2 is 1.74 bits per heavy atom. The summed E-state index contributed by atoms with van der Waals surface area (Å²) in [6, 6.07) is 2.14. The van der Waals surface area contributed by atoms with Crippen molar-refractivity contribution < 1.29 is 0 Å². The third-order valence-corrected chi connectivity index (χ3v) is 5.07. The molecule has 2 nitrogen and oxygen atoms in total. The van der Waals surface area contributed by atoms with Gasteiger partial charge >= 0.3 is 0 Å². The molecular formula is C17H36N2. The summed E-state index contributed by atoms with van der Waals surface area (Å²) in [7, 11) is 2.36. The van der Waals surface area contributed by atoms with Gasteiger partial charge in [-0.2, -0.15) is 0 Å². The molecule has 2 heteroatoms. The molecule has 0 saturated heterocycles. The smallest absolute Gasteiger partial charge is 0.0274 e. The molecule has 4 unspecified atom stereocenters. The lowest BCUT2D eigenvalue weighted by molar-refractivity contribution is 0.0476. The van der Waals surface area contributed by atoms with Crippen molar-refractivity contribution in [3.8, 4) is 0 Å². The number of hydrogen-bond acceptors (Lipinski definition) is 2. The normalized spacial score (nSPS) is 32.2. The molecule has 0 aliphatic heterocycles. The first-order chi connectivity index (χ1) is 9.04. The summed E-state index contributed by atoms with van der Waals surface area (Å²) < 4.78 is 0. The van der Waals surface area contributed by atoms with Crippen LogP contribution in [0.4, 0.5) is 0 Å². The Morgan fingerprint density at radius 1 is 1.11 bits per heavy atom. The molecule has 0 spiro atoms. The van der Waals surface area contributed by atoms with E-state index in [0.717, 1.165) is 24.4 Å². The van der Waals surface area contributed by atoms with Gasteiger partial charge in [-0.3, -0.25) is 4.90 Å². The van der Waals surface area contributed by atoms with E-state index < -0.39 is 0 Å². The molecular weight excluding hydrogens is 232 g/mol. The maximum Gasteiger partial charge on any atom is 0.0274 e. The lowest BCUT2D eigenvalue weighted by Gasteiger charge is -2.47. The fraction of sp³-hybridized carbons (Fsp3) is 1.00. The SMILES string of the molecule is CCCNC1CC(C)CC(C)C1N(C)C(CC)CC. The van der Waals surface area contributed by atoms with Crippen LogP contribution in [0.25, 0.3) is 0 Å². The summed E-state index contributed by atoms with van der Waals surface area (Å²) in [6.07, 6.45) is 6.51. The number of nitrogens with one attached hydrogen (secondary N) is 1. The van der Waals surface area contributed by atoms with E-state index in [9.17, 15) is 0 Å². The van der Waals surface area contributed by atoms with E-state index in [1.165, 1.54) is 32.1 Å². The molecule has 1 saturated carbocycles. The maximum absolute atomic E-state index is 3.82. The van der Waals surface area contributed by atoms with E-state index in [1.54, 1.807) is 0 Å². The van der Waals surface area contributed by atoms with Crippen LogP contribution in [0, 0.1) is 11.8 Å². The van der Waals surface area contributed by atoms with Crippen molar-refractivity contribution in [1.29, 1.82) is 0 Å². The van der Waals surface area contributed by atoms with Gasteiger partial charge in [0, 0.05) is 18.1 Å². The topological polar surface area (TPSA) is 15.3 Å². The Bertz CT molecular complexity index is 237. The highest BCUT2D eigenvalue weighted by Crippen LogP contribution is 2.33. The van der Waals surface area contributed by atoms with Crippen LogP contribution in [0.2, 0.25) is 0 Å². The molecule has 19 heavy (non-hydrogen) atoms. The van der Waals surface area contributed by atoms with Crippen LogP contribution >= 0.6 is 0 Å². The minimum atomic E-state index is 0.685. The highest BCUT2D eigenvalue weighted by atomic mass is 15.2. The Hall–Kier alpha value is -0.0800. The molecule has 0 bridgehead atoms. The van der Waals surface area contributed by atoms with Gasteiger partial charge in [-0.05, 0) is 57.5 Å². The lowest BCUT2D eigenvalue weighted by Crippen LogP contribution is -2.57. The Kier molecular flexibility index (Phi) is 7.38. The zero-order valence-corrected chi connectivity index (χ0v) is 14.1. The average molecular weight is 268 g/mol. The third-order valence-electron chi connectivity index (χ3n) is 5.07. The van der Waals surface area contributed by atoms with Gasteiger partial charge in [0.2, 0.25) is 0 Å². The number of likely N-dealkylation sites (N-methyl/N-ethyl adjacent to an activating group) is 1. The number of rotatable bonds is 7. The predicted molar refractivity (Wildman–Crippen MR) is 85.6 cm³/mol. The summed E-state index contributed by atoms with van der Waals surface area (Å²) in [6.45, 7) is 13.0. The molecule has 1 aliphatic rings. The minimum Gasteiger partial charge on any atom is -0.312 e. The first kappa shape index (κ1) is 17.0. The van der Waals surface area contributed by atoms with E-state index in [0.29, 0.717) is 12.1 Å². The molecule has 0 aromatic heterocycles. The van der Waals surface area contributed by atoms with Crippen molar-refractivity contribution in [3.63, 3.8) is 0 Å². The highest BCUT2D eigenvalue weighted by Gasteiger charge is 2.37. The summed E-state index contributed by atoms with van der Waals surface area (Å²) in [5.41, 5.74) is 0. The standard InChI is InChI=1S/C17H36N2/c1-7-10-18-16-12-13(4)11-14(5)17(16)19(6)15(8-2)9-3/h13-18H,7-12H2,1-6H3. The van der Waals surface area contributed by atoms with Crippen molar-refractivity contribution in [1.82, 2.24) is 10.2 Å². The third kappa shape index (κ3) is 4.46. The van der Waals surface area contributed by atoms with E-state index in [-0.39, 0.29) is 0 Å². The molecule has 1 aliphatic carbocycles. The van der Waals surface area contributed by atoms with Crippen molar-refractivity contribution >= 4 is 0 Å². The summed E-state index contributed by atoms with van der Waals surface area (Å²) in [5, 5.41) is 3.82. The molecule has 1 rings (SSSR count). The molecule has 0 radical (unpaired) electrons. The van der Waals surface area contributed by atoms with Gasteiger partial charge in [0.05, 0.1) is 0 Å². The van der Waals surface area contributed by atoms with Gasteiger partial charge in [-0.1, -0.05) is 34.6 Å². The van der Waals surface area contributed by atoms with E-state index in [2.05, 4.69) is 51.9 Å². The molecule has 1 fully saturated rings. The van der Waals surface area contributed by atoms with Gasteiger partial charge in [0.25, 0.3) is 0 Å². The molecule has 0 aromatic rings. The molecule has 0 amide bonds. The largest absolute Gasteiger partial charge is 0.312 e. The second-order valence-corrected chi connectivity index (χ2v) is 6.74. The quantitative estimate of drug-likeness (QED) is 0.753. The molecule has 0 aromatic carbocycles. The fourth-order valence-corrected chi connectivity index (χ4v) is 4.17. The monoisotopic (exact) mass is 268 g/mol. The van der Waals surface area contributed by atoms with Crippen LogP contribution in [0.3, 0.4) is 0 Å². The van der Waals surface area contributed by atoms with E-state index in [4.69, 9.17) is 0 Å². The maximum atomic E-state index is 3.82. The molecule has 0 heterocycles. The second-order valence-electron chi connectivity index (χ2n) is 6.74. The van der Waals surface area contributed by atoms with Crippen LogP contribution in [0.15, 0.2) is 0 Å². The number of nitrogens with zero attached hydrogens (tertiary/aromatic N) is 1. The molecule has 114 valence electrons. The Labute approximate surface area is 121 Å². The first-order valence-electron chi connectivity index (χ1n) is 8.50. The van der Waals surface area contributed by atoms with Crippen molar-refractivity contribution in [2.24, 2.45) is 11.8 Å². The first-order valence-corrected chi connectivity index (χ1v) is 8.50.